The van der Waals surface area contributed by atoms with E-state index >= 15 is 0 Å². The van der Waals surface area contributed by atoms with E-state index in [4.69, 9.17) is 5.11 Å². The highest BCUT2D eigenvalue weighted by Crippen LogP contribution is 2.33. The first kappa shape index (κ1) is 15.5. The number of carboxylic acids is 1. The Kier molecular flexibility index (Phi) is 5.32. The smallest absolute Gasteiger partial charge is 0.307 e. The molecule has 1 rings (SSSR count). The number of likely N-dealkylation sites (N-methyl/N-ethyl adjacent to an activating group) is 1. The molecule has 2 atom stereocenters. The number of amides is 2. The first-order chi connectivity index (χ1) is 8.82. The van der Waals surface area contributed by atoms with Gasteiger partial charge in [0.15, 0.2) is 0 Å². The summed E-state index contributed by atoms with van der Waals surface area (Å²) in [5.41, 5.74) is 0. The first-order valence-corrected chi connectivity index (χ1v) is 6.60. The normalized spacial score (nSPS) is 22.3. The first-order valence-electron chi connectivity index (χ1n) is 6.60. The van der Waals surface area contributed by atoms with Crippen LogP contribution in [0.1, 0.15) is 33.1 Å². The van der Waals surface area contributed by atoms with Gasteiger partial charge < -0.3 is 15.3 Å². The van der Waals surface area contributed by atoms with Gasteiger partial charge in [0.2, 0.25) is 11.8 Å². The minimum Gasteiger partial charge on any atom is -0.481 e. The predicted octanol–water partition coefficient (Wildman–Crippen LogP) is 0.470. The van der Waals surface area contributed by atoms with Crippen LogP contribution in [-0.2, 0) is 14.4 Å². The molecule has 1 aliphatic rings. The van der Waals surface area contributed by atoms with Gasteiger partial charge in [-0.1, -0.05) is 6.42 Å². The Hall–Kier alpha value is -1.59. The van der Waals surface area contributed by atoms with Crippen LogP contribution in [-0.4, -0.2) is 47.4 Å². The van der Waals surface area contributed by atoms with E-state index < -0.39 is 17.8 Å². The molecule has 0 saturated heterocycles. The lowest BCUT2D eigenvalue weighted by atomic mass is 9.95. The van der Waals surface area contributed by atoms with Crippen molar-refractivity contribution in [3.63, 3.8) is 0 Å². The van der Waals surface area contributed by atoms with Crippen molar-refractivity contribution in [1.29, 1.82) is 0 Å². The second-order valence-electron chi connectivity index (χ2n) is 5.40. The molecule has 6 heteroatoms. The van der Waals surface area contributed by atoms with Crippen molar-refractivity contribution in [3.8, 4) is 0 Å². The minimum atomic E-state index is -0.920. The van der Waals surface area contributed by atoms with E-state index in [9.17, 15) is 14.4 Å². The lowest BCUT2D eigenvalue weighted by molar-refractivity contribution is -0.149. The number of carbonyl (C=O) groups excluding carboxylic acids is 2. The van der Waals surface area contributed by atoms with Crippen LogP contribution in [0.2, 0.25) is 0 Å². The fourth-order valence-electron chi connectivity index (χ4n) is 2.50. The van der Waals surface area contributed by atoms with Gasteiger partial charge in [-0.15, -0.1) is 0 Å². The minimum absolute atomic E-state index is 0.0225. The highest BCUT2D eigenvalue weighted by Gasteiger charge is 2.39. The van der Waals surface area contributed by atoms with E-state index in [0.29, 0.717) is 12.8 Å². The maximum atomic E-state index is 12.2. The molecule has 0 bridgehead atoms. The average Bonchev–Trinajstić information content (AvgIpc) is 2.75. The maximum absolute atomic E-state index is 12.2. The molecule has 2 amide bonds. The Bertz CT molecular complexity index is 368. The topological polar surface area (TPSA) is 86.7 Å². The van der Waals surface area contributed by atoms with Crippen LogP contribution in [0, 0.1) is 11.8 Å². The van der Waals surface area contributed by atoms with E-state index in [1.165, 1.54) is 4.90 Å². The Morgan fingerprint density at radius 3 is 2.37 bits per heavy atom. The van der Waals surface area contributed by atoms with Crippen molar-refractivity contribution in [2.45, 2.75) is 39.2 Å². The second-order valence-corrected chi connectivity index (χ2v) is 5.40. The molecule has 2 N–H and O–H groups in total. The van der Waals surface area contributed by atoms with Crippen molar-refractivity contribution < 1.29 is 19.5 Å². The SMILES string of the molecule is CC(C)NC(=O)CN(C)C(=O)[C@@H]1CCC[C@@H]1C(=O)O. The molecule has 108 valence electrons. The molecule has 0 radical (unpaired) electrons. The number of rotatable bonds is 5. The molecular weight excluding hydrogens is 248 g/mol. The number of hydrogen-bond acceptors (Lipinski definition) is 3. The highest BCUT2D eigenvalue weighted by atomic mass is 16.4. The summed E-state index contributed by atoms with van der Waals surface area (Å²) in [5.74, 6) is -2.49. The molecular formula is C13H22N2O4. The molecule has 1 aliphatic carbocycles. The summed E-state index contributed by atoms with van der Waals surface area (Å²) in [5, 5.41) is 11.8. The average molecular weight is 270 g/mol. The Morgan fingerprint density at radius 2 is 1.84 bits per heavy atom. The monoisotopic (exact) mass is 270 g/mol. The van der Waals surface area contributed by atoms with Crippen molar-refractivity contribution in [2.24, 2.45) is 11.8 Å². The van der Waals surface area contributed by atoms with Crippen molar-refractivity contribution in [3.05, 3.63) is 0 Å². The molecule has 0 aliphatic heterocycles. The molecule has 6 nitrogen and oxygen atoms in total. The molecule has 0 aromatic heterocycles. The molecule has 1 fully saturated rings. The third-order valence-corrected chi connectivity index (χ3v) is 3.36. The molecule has 0 heterocycles. The van der Waals surface area contributed by atoms with Gasteiger partial charge in [0.05, 0.1) is 18.4 Å². The predicted molar refractivity (Wildman–Crippen MR) is 69.4 cm³/mol. The number of aliphatic carboxylic acids is 1. The standard InChI is InChI=1S/C13H22N2O4/c1-8(2)14-11(16)7-15(3)12(17)9-5-4-6-10(9)13(18)19/h8-10H,4-7H2,1-3H3,(H,14,16)(H,18,19)/t9-,10+/m1/s1. The van der Waals surface area contributed by atoms with Gasteiger partial charge in [-0.05, 0) is 26.7 Å². The lowest BCUT2D eigenvalue weighted by Gasteiger charge is -2.23. The third-order valence-electron chi connectivity index (χ3n) is 3.36. The summed E-state index contributed by atoms with van der Waals surface area (Å²) in [6.45, 7) is 3.66. The second kappa shape index (κ2) is 6.54. The van der Waals surface area contributed by atoms with E-state index in [1.54, 1.807) is 7.05 Å². The summed E-state index contributed by atoms with van der Waals surface area (Å²) >= 11 is 0. The fraction of sp³-hybridized carbons (Fsp3) is 0.769. The van der Waals surface area contributed by atoms with Crippen LogP contribution in [0.5, 0.6) is 0 Å². The Labute approximate surface area is 113 Å². The zero-order valence-corrected chi connectivity index (χ0v) is 11.7. The summed E-state index contributed by atoms with van der Waals surface area (Å²) < 4.78 is 0. The van der Waals surface area contributed by atoms with Crippen molar-refractivity contribution in [2.75, 3.05) is 13.6 Å². The van der Waals surface area contributed by atoms with Gasteiger partial charge in [-0.2, -0.15) is 0 Å². The van der Waals surface area contributed by atoms with Crippen LogP contribution in [0.25, 0.3) is 0 Å². The van der Waals surface area contributed by atoms with Gasteiger partial charge in [-0.3, -0.25) is 14.4 Å². The Balaban J connectivity index is 2.57. The summed E-state index contributed by atoms with van der Waals surface area (Å²) in [4.78, 5) is 36.1. The fourth-order valence-corrected chi connectivity index (χ4v) is 2.50. The Morgan fingerprint density at radius 1 is 1.26 bits per heavy atom. The van der Waals surface area contributed by atoms with E-state index in [-0.39, 0.29) is 24.4 Å². The van der Waals surface area contributed by atoms with Gasteiger partial charge in [0.25, 0.3) is 0 Å². The molecule has 0 unspecified atom stereocenters. The third kappa shape index (κ3) is 4.22. The number of hydrogen-bond donors (Lipinski definition) is 2. The van der Waals surface area contributed by atoms with Crippen LogP contribution in [0.4, 0.5) is 0 Å². The van der Waals surface area contributed by atoms with Crippen molar-refractivity contribution in [1.82, 2.24) is 10.2 Å². The molecule has 0 spiro atoms. The van der Waals surface area contributed by atoms with E-state index in [2.05, 4.69) is 5.32 Å². The largest absolute Gasteiger partial charge is 0.481 e. The number of carbonyl (C=O) groups is 3. The van der Waals surface area contributed by atoms with E-state index in [0.717, 1.165) is 6.42 Å². The number of nitrogens with zero attached hydrogens (tertiary/aromatic N) is 1. The summed E-state index contributed by atoms with van der Waals surface area (Å²) in [6, 6.07) is 0.0225. The van der Waals surface area contributed by atoms with Crippen molar-refractivity contribution >= 4 is 17.8 Å². The molecule has 1 saturated carbocycles. The van der Waals surface area contributed by atoms with Gasteiger partial charge in [0.1, 0.15) is 0 Å². The molecule has 0 aromatic rings. The van der Waals surface area contributed by atoms with Crippen LogP contribution in [0.3, 0.4) is 0 Å². The maximum Gasteiger partial charge on any atom is 0.307 e. The highest BCUT2D eigenvalue weighted by molar-refractivity contribution is 5.88. The van der Waals surface area contributed by atoms with Gasteiger partial charge in [-0.25, -0.2) is 0 Å². The number of nitrogens with one attached hydrogen (secondary N) is 1. The van der Waals surface area contributed by atoms with Gasteiger partial charge >= 0.3 is 5.97 Å². The summed E-state index contributed by atoms with van der Waals surface area (Å²) in [6.07, 6.45) is 1.88. The number of carboxylic acid groups (broad SMARTS) is 1. The molecule has 0 aromatic carbocycles. The van der Waals surface area contributed by atoms with Crippen LogP contribution >= 0.6 is 0 Å². The zero-order chi connectivity index (χ0) is 14.6. The van der Waals surface area contributed by atoms with Crippen LogP contribution < -0.4 is 5.32 Å². The lowest BCUT2D eigenvalue weighted by Crippen LogP contribution is -2.44. The summed E-state index contributed by atoms with van der Waals surface area (Å²) in [7, 11) is 1.54. The zero-order valence-electron chi connectivity index (χ0n) is 11.7. The molecule has 19 heavy (non-hydrogen) atoms. The van der Waals surface area contributed by atoms with Crippen LogP contribution in [0.15, 0.2) is 0 Å². The van der Waals surface area contributed by atoms with Gasteiger partial charge in [0, 0.05) is 13.1 Å². The van der Waals surface area contributed by atoms with E-state index in [1.807, 2.05) is 13.8 Å². The quantitative estimate of drug-likeness (QED) is 0.760.